The van der Waals surface area contributed by atoms with Crippen molar-refractivity contribution in [2.45, 2.75) is 29.9 Å². The summed E-state index contributed by atoms with van der Waals surface area (Å²) in [4.78, 5) is 13.8. The van der Waals surface area contributed by atoms with Crippen molar-refractivity contribution in [1.82, 2.24) is 9.78 Å². The van der Waals surface area contributed by atoms with E-state index in [-0.39, 0.29) is 23.5 Å². The summed E-state index contributed by atoms with van der Waals surface area (Å²) in [5.41, 5.74) is 3.55. The van der Waals surface area contributed by atoms with E-state index in [1.54, 1.807) is 16.4 Å². The Morgan fingerprint density at radius 3 is 2.41 bits per heavy atom. The van der Waals surface area contributed by atoms with E-state index in [1.807, 2.05) is 48.5 Å². The second-order valence-corrected chi connectivity index (χ2v) is 11.6. The van der Waals surface area contributed by atoms with E-state index in [0.29, 0.717) is 23.7 Å². The number of carbonyl (C=O) groups is 1. The van der Waals surface area contributed by atoms with Gasteiger partial charge < -0.3 is 10.1 Å². The third kappa shape index (κ3) is 3.22. The number of para-hydroxylation sites is 2. The molecule has 6 rings (SSSR count). The SMILES string of the molecule is O=C(Nc1c2c(nn1C1CCS(=O)(=O)C1)CSC2)C1c2ccccc2Oc2ccccc21. The first-order valence-corrected chi connectivity index (χ1v) is 13.5. The van der Waals surface area contributed by atoms with Gasteiger partial charge in [0.25, 0.3) is 0 Å². The fraction of sp³-hybridized carbons (Fsp3) is 0.304. The predicted octanol–water partition coefficient (Wildman–Crippen LogP) is 3.87. The Labute approximate surface area is 190 Å². The fourth-order valence-electron chi connectivity index (χ4n) is 4.78. The number of hydrogen-bond donors (Lipinski definition) is 1. The van der Waals surface area contributed by atoms with Crippen LogP contribution in [0.5, 0.6) is 11.5 Å². The molecule has 1 unspecified atom stereocenters. The van der Waals surface area contributed by atoms with Gasteiger partial charge in [0.2, 0.25) is 5.91 Å². The van der Waals surface area contributed by atoms with Gasteiger partial charge in [0.15, 0.2) is 9.84 Å². The number of amides is 1. The van der Waals surface area contributed by atoms with Crippen LogP contribution in [0.15, 0.2) is 48.5 Å². The van der Waals surface area contributed by atoms with Crippen molar-refractivity contribution >= 4 is 33.3 Å². The van der Waals surface area contributed by atoms with Gasteiger partial charge in [-0.1, -0.05) is 36.4 Å². The van der Waals surface area contributed by atoms with Crippen LogP contribution in [0.1, 0.15) is 40.8 Å². The van der Waals surface area contributed by atoms with Crippen molar-refractivity contribution in [3.8, 4) is 11.5 Å². The van der Waals surface area contributed by atoms with Crippen LogP contribution in [0.3, 0.4) is 0 Å². The Morgan fingerprint density at radius 2 is 1.75 bits per heavy atom. The highest BCUT2D eigenvalue weighted by molar-refractivity contribution is 7.98. The molecule has 9 heteroatoms. The second-order valence-electron chi connectivity index (χ2n) is 8.37. The van der Waals surface area contributed by atoms with Crippen LogP contribution in [-0.4, -0.2) is 35.6 Å². The summed E-state index contributed by atoms with van der Waals surface area (Å²) < 4.78 is 32.0. The first-order chi connectivity index (χ1) is 15.5. The van der Waals surface area contributed by atoms with Crippen molar-refractivity contribution in [1.29, 1.82) is 0 Å². The average Bonchev–Trinajstić information content (AvgIpc) is 3.47. The summed E-state index contributed by atoms with van der Waals surface area (Å²) in [7, 11) is -3.08. The van der Waals surface area contributed by atoms with E-state index in [9.17, 15) is 13.2 Å². The maximum atomic E-state index is 13.8. The third-order valence-corrected chi connectivity index (χ3v) is 9.04. The number of thioether (sulfide) groups is 1. The zero-order valence-corrected chi connectivity index (χ0v) is 18.8. The summed E-state index contributed by atoms with van der Waals surface area (Å²) >= 11 is 1.75. The van der Waals surface area contributed by atoms with Crippen LogP contribution in [0.2, 0.25) is 0 Å². The molecule has 2 aromatic carbocycles. The Hall–Kier alpha value is -2.78. The quantitative estimate of drug-likeness (QED) is 0.629. The van der Waals surface area contributed by atoms with Crippen molar-refractivity contribution < 1.29 is 17.9 Å². The van der Waals surface area contributed by atoms with Gasteiger partial charge in [-0.25, -0.2) is 13.1 Å². The number of hydrogen-bond acceptors (Lipinski definition) is 6. The number of nitrogens with one attached hydrogen (secondary N) is 1. The summed E-state index contributed by atoms with van der Waals surface area (Å²) in [5.74, 6) is 3.02. The predicted molar refractivity (Wildman–Crippen MR) is 123 cm³/mol. The number of nitrogens with zero attached hydrogens (tertiary/aromatic N) is 2. The summed E-state index contributed by atoms with van der Waals surface area (Å²) in [6.07, 6.45) is 0.516. The molecular weight excluding hydrogens is 446 g/mol. The van der Waals surface area contributed by atoms with Crippen molar-refractivity contribution in [2.75, 3.05) is 16.8 Å². The lowest BCUT2D eigenvalue weighted by molar-refractivity contribution is -0.117. The van der Waals surface area contributed by atoms with Crippen LogP contribution >= 0.6 is 11.8 Å². The normalized spacial score (nSPS) is 20.8. The number of anilines is 1. The first kappa shape index (κ1) is 19.9. The zero-order valence-electron chi connectivity index (χ0n) is 17.2. The fourth-order valence-corrected chi connectivity index (χ4v) is 7.51. The highest BCUT2D eigenvalue weighted by Gasteiger charge is 2.37. The van der Waals surface area contributed by atoms with Gasteiger partial charge in [0.1, 0.15) is 17.3 Å². The molecule has 0 bridgehead atoms. The molecule has 0 spiro atoms. The van der Waals surface area contributed by atoms with Crippen molar-refractivity contribution in [3.63, 3.8) is 0 Å². The van der Waals surface area contributed by atoms with Gasteiger partial charge >= 0.3 is 0 Å². The Balaban J connectivity index is 1.40. The van der Waals surface area contributed by atoms with Gasteiger partial charge in [0, 0.05) is 28.2 Å². The van der Waals surface area contributed by atoms with E-state index in [2.05, 4.69) is 5.32 Å². The number of carbonyl (C=O) groups excluding carboxylic acids is 1. The number of fused-ring (bicyclic) bond motifs is 3. The highest BCUT2D eigenvalue weighted by atomic mass is 32.2. The smallest absolute Gasteiger partial charge is 0.237 e. The zero-order chi connectivity index (χ0) is 21.9. The minimum absolute atomic E-state index is 0.0620. The van der Waals surface area contributed by atoms with Crippen LogP contribution < -0.4 is 10.1 Å². The Morgan fingerprint density at radius 1 is 1.06 bits per heavy atom. The molecule has 0 aliphatic carbocycles. The molecular formula is C23H21N3O4S2. The molecule has 3 aliphatic rings. The molecule has 1 aromatic heterocycles. The monoisotopic (exact) mass is 467 g/mol. The van der Waals surface area contributed by atoms with Gasteiger partial charge in [-0.05, 0) is 18.6 Å². The van der Waals surface area contributed by atoms with E-state index in [0.717, 1.165) is 33.9 Å². The molecule has 1 fully saturated rings. The standard InChI is InChI=1S/C23H21N3O4S2/c27-23(21-15-5-1-3-7-19(15)30-20-8-4-2-6-16(20)21)24-22-17-11-31-12-18(17)25-26(22)14-9-10-32(28,29)13-14/h1-8,14,21H,9-13H2,(H,24,27). The lowest BCUT2D eigenvalue weighted by Crippen LogP contribution is -2.27. The van der Waals surface area contributed by atoms with Gasteiger partial charge in [-0.2, -0.15) is 16.9 Å². The van der Waals surface area contributed by atoms with Crippen molar-refractivity contribution in [2.24, 2.45) is 0 Å². The largest absolute Gasteiger partial charge is 0.457 e. The Bertz CT molecular complexity index is 1300. The number of sulfone groups is 1. The number of aromatic nitrogens is 2. The van der Waals surface area contributed by atoms with Crippen LogP contribution in [0.4, 0.5) is 5.82 Å². The molecule has 164 valence electrons. The molecule has 4 heterocycles. The first-order valence-electron chi connectivity index (χ1n) is 10.6. The van der Waals surface area contributed by atoms with E-state index in [1.165, 1.54) is 0 Å². The topological polar surface area (TPSA) is 90.3 Å². The molecule has 1 saturated heterocycles. The van der Waals surface area contributed by atoms with E-state index >= 15 is 0 Å². The molecule has 3 aromatic rings. The molecule has 1 N–H and O–H groups in total. The van der Waals surface area contributed by atoms with Crippen LogP contribution in [0.25, 0.3) is 0 Å². The molecule has 7 nitrogen and oxygen atoms in total. The number of ether oxygens (including phenoxy) is 1. The second kappa shape index (κ2) is 7.38. The molecule has 0 saturated carbocycles. The maximum Gasteiger partial charge on any atom is 0.237 e. The van der Waals surface area contributed by atoms with E-state index < -0.39 is 15.8 Å². The number of rotatable bonds is 3. The van der Waals surface area contributed by atoms with Gasteiger partial charge in [-0.15, -0.1) is 0 Å². The number of benzene rings is 2. The molecule has 3 aliphatic heterocycles. The Kier molecular flexibility index (Phi) is 4.58. The van der Waals surface area contributed by atoms with Gasteiger partial charge in [-0.3, -0.25) is 4.79 Å². The molecule has 1 amide bonds. The average molecular weight is 468 g/mol. The highest BCUT2D eigenvalue weighted by Crippen LogP contribution is 2.45. The lowest BCUT2D eigenvalue weighted by Gasteiger charge is -2.27. The summed E-state index contributed by atoms with van der Waals surface area (Å²) in [6, 6.07) is 14.9. The molecule has 1 atom stereocenters. The minimum atomic E-state index is -3.08. The maximum absolute atomic E-state index is 13.8. The minimum Gasteiger partial charge on any atom is -0.457 e. The van der Waals surface area contributed by atoms with Gasteiger partial charge in [0.05, 0.1) is 29.2 Å². The van der Waals surface area contributed by atoms with E-state index in [4.69, 9.17) is 9.84 Å². The lowest BCUT2D eigenvalue weighted by atomic mass is 9.87. The molecule has 0 radical (unpaired) electrons. The van der Waals surface area contributed by atoms with Crippen LogP contribution in [-0.2, 0) is 26.1 Å². The summed E-state index contributed by atoms with van der Waals surface area (Å²) in [6.45, 7) is 0. The van der Waals surface area contributed by atoms with Crippen molar-refractivity contribution in [3.05, 3.63) is 70.9 Å². The summed E-state index contributed by atoms with van der Waals surface area (Å²) in [5, 5.41) is 7.86. The molecule has 32 heavy (non-hydrogen) atoms. The van der Waals surface area contributed by atoms with Crippen LogP contribution in [0, 0.1) is 0 Å². The third-order valence-electron chi connectivity index (χ3n) is 6.31.